The van der Waals surface area contributed by atoms with E-state index in [4.69, 9.17) is 26.1 Å². The van der Waals surface area contributed by atoms with E-state index in [-0.39, 0.29) is 12.0 Å². The van der Waals surface area contributed by atoms with Crippen LogP contribution in [0.25, 0.3) is 22.4 Å². The number of imidazole rings is 1. The lowest BCUT2D eigenvalue weighted by Gasteiger charge is -2.28. The Labute approximate surface area is 214 Å². The highest BCUT2D eigenvalue weighted by Crippen LogP contribution is 2.31. The standard InChI is InChI=1S/C26H29ClN6O3/c1-16(34)32-26(2,3)22-9-8-19(15-28-22)36-25-29-21-14-20(27)23(30-24(21)31-25)17-4-6-18(7-5-17)33-10-12-35-13-11-33/h4-7,9,14-15,19H,8,10-13H2,1-3H3,(H,32,34)(H,29,30,31). The Balaban J connectivity index is 1.29. The van der Waals surface area contributed by atoms with Gasteiger partial charge in [-0.1, -0.05) is 29.8 Å². The molecule has 9 nitrogen and oxygen atoms in total. The summed E-state index contributed by atoms with van der Waals surface area (Å²) >= 11 is 6.59. The van der Waals surface area contributed by atoms with Crippen molar-refractivity contribution in [2.24, 2.45) is 4.99 Å². The minimum Gasteiger partial charge on any atom is -0.455 e. The number of nitrogens with one attached hydrogen (secondary N) is 2. The van der Waals surface area contributed by atoms with Crippen molar-refractivity contribution in [1.29, 1.82) is 0 Å². The first kappa shape index (κ1) is 24.3. The Hall–Kier alpha value is -3.43. The number of ether oxygens (including phenoxy) is 2. The molecule has 188 valence electrons. The average Bonchev–Trinajstić information content (AvgIpc) is 3.24. The molecule has 1 saturated heterocycles. The van der Waals surface area contributed by atoms with Crippen LogP contribution in [0.15, 0.2) is 47.1 Å². The largest absolute Gasteiger partial charge is 0.455 e. The van der Waals surface area contributed by atoms with Gasteiger partial charge in [0.05, 0.1) is 40.7 Å². The summed E-state index contributed by atoms with van der Waals surface area (Å²) in [6.45, 7) is 8.59. The van der Waals surface area contributed by atoms with Crippen LogP contribution < -0.4 is 15.0 Å². The summed E-state index contributed by atoms with van der Waals surface area (Å²) in [5, 5.41) is 3.44. The zero-order valence-corrected chi connectivity index (χ0v) is 21.3. The number of anilines is 1. The number of carbonyl (C=O) groups excluding carboxylic acids is 1. The maximum Gasteiger partial charge on any atom is 0.296 e. The van der Waals surface area contributed by atoms with Gasteiger partial charge in [-0.15, -0.1) is 0 Å². The van der Waals surface area contributed by atoms with Gasteiger partial charge in [0.15, 0.2) is 5.65 Å². The third-order valence-electron chi connectivity index (χ3n) is 6.24. The molecule has 0 spiro atoms. The molecule has 2 N–H and O–H groups in total. The van der Waals surface area contributed by atoms with Gasteiger partial charge in [0.25, 0.3) is 6.01 Å². The lowest BCUT2D eigenvalue weighted by Crippen LogP contribution is -2.44. The minimum absolute atomic E-state index is 0.102. The van der Waals surface area contributed by atoms with Crippen molar-refractivity contribution >= 4 is 40.6 Å². The van der Waals surface area contributed by atoms with Gasteiger partial charge in [-0.25, -0.2) is 4.98 Å². The zero-order chi connectivity index (χ0) is 25.3. The highest BCUT2D eigenvalue weighted by molar-refractivity contribution is 6.33. The summed E-state index contributed by atoms with van der Waals surface area (Å²) in [6.07, 6.45) is 4.02. The monoisotopic (exact) mass is 508 g/mol. The normalized spacial score (nSPS) is 18.3. The van der Waals surface area contributed by atoms with Crippen LogP contribution >= 0.6 is 11.6 Å². The smallest absolute Gasteiger partial charge is 0.296 e. The molecule has 0 bridgehead atoms. The summed E-state index contributed by atoms with van der Waals surface area (Å²) in [6, 6.07) is 10.4. The Kier molecular flexibility index (Phi) is 6.68. The molecule has 2 aliphatic heterocycles. The number of fused-ring (bicyclic) bond motifs is 1. The van der Waals surface area contributed by atoms with Crippen LogP contribution in [0.3, 0.4) is 0 Å². The number of pyridine rings is 1. The van der Waals surface area contributed by atoms with E-state index < -0.39 is 5.54 Å². The van der Waals surface area contributed by atoms with Crippen LogP contribution in [0.1, 0.15) is 27.2 Å². The number of hydrogen-bond acceptors (Lipinski definition) is 7. The predicted octanol–water partition coefficient (Wildman–Crippen LogP) is 4.14. The fraction of sp³-hybridized carbons (Fsp3) is 0.385. The van der Waals surface area contributed by atoms with Gasteiger partial charge in [0.1, 0.15) is 6.10 Å². The number of morpholine rings is 1. The second kappa shape index (κ2) is 9.91. The third kappa shape index (κ3) is 5.22. The second-order valence-electron chi connectivity index (χ2n) is 9.44. The fourth-order valence-electron chi connectivity index (χ4n) is 4.45. The van der Waals surface area contributed by atoms with Crippen LogP contribution in [0, 0.1) is 0 Å². The SMILES string of the molecule is CC(=O)NC(C)(C)C1=CCC(Oc2nc3nc(-c4ccc(N5CCOCC5)cc4)c(Cl)cc3[nH]2)C=N1. The average molecular weight is 509 g/mol. The Morgan fingerprint density at radius 1 is 1.22 bits per heavy atom. The van der Waals surface area contributed by atoms with Crippen molar-refractivity contribution in [1.82, 2.24) is 20.3 Å². The number of nitrogens with zero attached hydrogens (tertiary/aromatic N) is 4. The lowest BCUT2D eigenvalue weighted by atomic mass is 9.97. The number of aromatic nitrogens is 3. The number of H-pyrrole nitrogens is 1. The number of aromatic amines is 1. The topological polar surface area (TPSA) is 105 Å². The molecule has 2 aromatic heterocycles. The summed E-state index contributed by atoms with van der Waals surface area (Å²) < 4.78 is 11.4. The predicted molar refractivity (Wildman–Crippen MR) is 141 cm³/mol. The second-order valence-corrected chi connectivity index (χ2v) is 9.85. The molecule has 5 rings (SSSR count). The van der Waals surface area contributed by atoms with Crippen LogP contribution in [0.4, 0.5) is 5.69 Å². The van der Waals surface area contributed by atoms with Crippen molar-refractivity contribution in [2.75, 3.05) is 31.2 Å². The maximum absolute atomic E-state index is 11.5. The molecule has 0 radical (unpaired) electrons. The Bertz CT molecular complexity index is 1330. The molecule has 10 heteroatoms. The van der Waals surface area contributed by atoms with Crippen molar-refractivity contribution < 1.29 is 14.3 Å². The summed E-state index contributed by atoms with van der Waals surface area (Å²) in [7, 11) is 0. The molecule has 1 atom stereocenters. The molecule has 1 fully saturated rings. The first-order valence-electron chi connectivity index (χ1n) is 12.0. The van der Waals surface area contributed by atoms with Gasteiger partial charge >= 0.3 is 0 Å². The third-order valence-corrected chi connectivity index (χ3v) is 6.53. The van der Waals surface area contributed by atoms with Crippen LogP contribution in [-0.2, 0) is 9.53 Å². The highest BCUT2D eigenvalue weighted by atomic mass is 35.5. The number of benzene rings is 1. The van der Waals surface area contributed by atoms with Gasteiger partial charge in [-0.3, -0.25) is 9.79 Å². The molecule has 0 aliphatic carbocycles. The summed E-state index contributed by atoms with van der Waals surface area (Å²) in [5.41, 5.74) is 4.20. The van der Waals surface area contributed by atoms with E-state index in [0.29, 0.717) is 34.3 Å². The van der Waals surface area contributed by atoms with Crippen molar-refractivity contribution in [2.45, 2.75) is 38.8 Å². The number of hydrogen-bond donors (Lipinski definition) is 2. The molecule has 3 aromatic rings. The van der Waals surface area contributed by atoms with Gasteiger partial charge in [-0.05, 0) is 32.0 Å². The molecular formula is C26H29ClN6O3. The van der Waals surface area contributed by atoms with Crippen molar-refractivity contribution in [3.63, 3.8) is 0 Å². The van der Waals surface area contributed by atoms with Crippen LogP contribution in [0.5, 0.6) is 6.01 Å². The summed E-state index contributed by atoms with van der Waals surface area (Å²) in [4.78, 5) is 30.6. The van der Waals surface area contributed by atoms with Gasteiger partial charge in [0, 0.05) is 43.9 Å². The van der Waals surface area contributed by atoms with E-state index in [1.54, 1.807) is 6.21 Å². The molecule has 2 aliphatic rings. The van der Waals surface area contributed by atoms with E-state index in [1.165, 1.54) is 6.92 Å². The zero-order valence-electron chi connectivity index (χ0n) is 20.5. The molecule has 1 aromatic carbocycles. The quantitative estimate of drug-likeness (QED) is 0.518. The Morgan fingerprint density at radius 2 is 1.97 bits per heavy atom. The van der Waals surface area contributed by atoms with Crippen LogP contribution in [0.2, 0.25) is 5.02 Å². The van der Waals surface area contributed by atoms with Crippen LogP contribution in [-0.4, -0.2) is 65.0 Å². The van der Waals surface area contributed by atoms with E-state index in [9.17, 15) is 4.79 Å². The first-order chi connectivity index (χ1) is 17.3. The minimum atomic E-state index is -0.551. The number of carbonyl (C=O) groups is 1. The molecule has 36 heavy (non-hydrogen) atoms. The Morgan fingerprint density at radius 3 is 2.64 bits per heavy atom. The number of aliphatic imine (C=N–C) groups is 1. The lowest BCUT2D eigenvalue weighted by molar-refractivity contribution is -0.120. The van der Waals surface area contributed by atoms with E-state index >= 15 is 0 Å². The van der Waals surface area contributed by atoms with E-state index in [2.05, 4.69) is 37.3 Å². The maximum atomic E-state index is 11.5. The van der Waals surface area contributed by atoms with Crippen molar-refractivity contribution in [3.05, 3.63) is 47.1 Å². The number of halogens is 1. The van der Waals surface area contributed by atoms with Crippen molar-refractivity contribution in [3.8, 4) is 17.3 Å². The van der Waals surface area contributed by atoms with E-state index in [1.807, 2.05) is 38.1 Å². The van der Waals surface area contributed by atoms with E-state index in [0.717, 1.165) is 43.3 Å². The van der Waals surface area contributed by atoms with Gasteiger partial charge < -0.3 is 24.7 Å². The molecule has 0 saturated carbocycles. The molecule has 4 heterocycles. The van der Waals surface area contributed by atoms with Gasteiger partial charge in [-0.2, -0.15) is 4.98 Å². The molecule has 1 amide bonds. The highest BCUT2D eigenvalue weighted by Gasteiger charge is 2.26. The van der Waals surface area contributed by atoms with Gasteiger partial charge in [0.2, 0.25) is 5.91 Å². The molecular weight excluding hydrogens is 480 g/mol. The first-order valence-corrected chi connectivity index (χ1v) is 12.4. The fourth-order valence-corrected chi connectivity index (χ4v) is 4.71. The molecule has 1 unspecified atom stereocenters. The number of rotatable bonds is 6. The summed E-state index contributed by atoms with van der Waals surface area (Å²) in [5.74, 6) is -0.102. The number of amides is 1.